The number of hydrogen-bond donors (Lipinski definition) is 3. The van der Waals surface area contributed by atoms with Crippen LogP contribution in [0.4, 0.5) is 0 Å². The van der Waals surface area contributed by atoms with Crippen molar-refractivity contribution in [3.63, 3.8) is 0 Å². The number of aryl methyl sites for hydroxylation is 1. The van der Waals surface area contributed by atoms with Gasteiger partial charge in [-0.05, 0) is 12.1 Å². The molecule has 0 radical (unpaired) electrons. The topological polar surface area (TPSA) is 64.6 Å². The fraction of sp³-hybridized carbons (Fsp3) is 0.250. The van der Waals surface area contributed by atoms with E-state index in [0.717, 1.165) is 10.9 Å². The third-order valence-corrected chi connectivity index (χ3v) is 3.72. The van der Waals surface area contributed by atoms with Gasteiger partial charge in [0.1, 0.15) is 6.54 Å². The number of pyridine rings is 1. The lowest BCUT2D eigenvalue weighted by Crippen LogP contribution is -2.38. The van der Waals surface area contributed by atoms with Gasteiger partial charge in [-0.2, -0.15) is 4.57 Å². The molecule has 0 spiro atoms. The van der Waals surface area contributed by atoms with E-state index in [9.17, 15) is 0 Å². The average Bonchev–Trinajstić information content (AvgIpc) is 2.28. The highest BCUT2D eigenvalue weighted by molar-refractivity contribution is 6.56. The maximum atomic E-state index is 8.95. The Morgan fingerprint density at radius 3 is 2.47 bits per heavy atom. The molecule has 17 heavy (non-hydrogen) atoms. The van der Waals surface area contributed by atoms with Gasteiger partial charge in [-0.15, -0.1) is 0 Å². The van der Waals surface area contributed by atoms with Gasteiger partial charge in [-0.25, -0.2) is 0 Å². The Balaban J connectivity index is 2.13. The fourth-order valence-corrected chi connectivity index (χ4v) is 2.53. The second kappa shape index (κ2) is 4.93. The molecule has 5 heteroatoms. The van der Waals surface area contributed by atoms with Crippen molar-refractivity contribution in [3.8, 4) is 0 Å². The number of para-hydroxylation sites is 1. The smallest absolute Gasteiger partial charge is 0.390 e. The Kier molecular flexibility index (Phi) is 3.53. The highest BCUT2D eigenvalue weighted by Gasteiger charge is 2.26. The number of nitrogens with zero attached hydrogens (tertiary/aromatic N) is 1. The molecule has 0 saturated carbocycles. The van der Waals surface area contributed by atoms with Gasteiger partial charge in [0.2, 0.25) is 5.52 Å². The molecule has 0 unspecified atom stereocenters. The van der Waals surface area contributed by atoms with Crippen molar-refractivity contribution in [2.45, 2.75) is 19.0 Å². The summed E-state index contributed by atoms with van der Waals surface area (Å²) < 4.78 is 2.05. The monoisotopic (exact) mass is 250 g/mol. The summed E-state index contributed by atoms with van der Waals surface area (Å²) in [6, 6.07) is 12.1. The summed E-state index contributed by atoms with van der Waals surface area (Å²) in [5.41, 5.74) is 1.11. The lowest BCUT2D eigenvalue weighted by molar-refractivity contribution is -0.671. The Labute approximate surface area is 101 Å². The Bertz CT molecular complexity index is 505. The van der Waals surface area contributed by atoms with E-state index < -0.39 is 8.80 Å². The molecule has 90 valence electrons. The normalized spacial score (nSPS) is 11.9. The molecule has 0 aliphatic carbocycles. The fourth-order valence-electron chi connectivity index (χ4n) is 1.90. The quantitative estimate of drug-likeness (QED) is 0.545. The van der Waals surface area contributed by atoms with E-state index in [2.05, 4.69) is 4.57 Å². The van der Waals surface area contributed by atoms with Crippen LogP contribution in [0.25, 0.3) is 10.9 Å². The molecule has 0 amide bonds. The maximum Gasteiger partial charge on any atom is 0.492 e. The average molecular weight is 250 g/mol. The van der Waals surface area contributed by atoms with Crippen LogP contribution in [0.1, 0.15) is 6.42 Å². The van der Waals surface area contributed by atoms with Gasteiger partial charge in [-0.3, -0.25) is 0 Å². The molecule has 2 rings (SSSR count). The minimum absolute atomic E-state index is 0.0726. The summed E-state index contributed by atoms with van der Waals surface area (Å²) >= 11 is 0. The third-order valence-electron chi connectivity index (χ3n) is 2.70. The molecular weight excluding hydrogens is 234 g/mol. The summed E-state index contributed by atoms with van der Waals surface area (Å²) in [7, 11) is -3.89. The first-order valence-corrected chi connectivity index (χ1v) is 7.65. The van der Waals surface area contributed by atoms with Crippen LogP contribution >= 0.6 is 0 Å². The zero-order valence-electron chi connectivity index (χ0n) is 9.45. The first kappa shape index (κ1) is 12.2. The lowest BCUT2D eigenvalue weighted by Gasteiger charge is -2.07. The first-order valence-electron chi connectivity index (χ1n) is 5.61. The summed E-state index contributed by atoms with van der Waals surface area (Å²) in [5.74, 6) is 0. The minimum atomic E-state index is -3.89. The van der Waals surface area contributed by atoms with Gasteiger partial charge in [-0.1, -0.05) is 12.1 Å². The zero-order chi connectivity index (χ0) is 12.3. The van der Waals surface area contributed by atoms with E-state index in [1.165, 1.54) is 0 Å². The molecule has 0 atom stereocenters. The summed E-state index contributed by atoms with van der Waals surface area (Å²) in [5, 5.41) is 1.15. The van der Waals surface area contributed by atoms with Crippen molar-refractivity contribution in [2.75, 3.05) is 0 Å². The Morgan fingerprint density at radius 1 is 1.00 bits per heavy atom. The molecule has 0 bridgehead atoms. The number of aromatic nitrogens is 1. The van der Waals surface area contributed by atoms with E-state index in [1.807, 2.05) is 42.6 Å². The molecule has 1 heterocycles. The predicted octanol–water partition coefficient (Wildman–Crippen LogP) is 0.433. The largest absolute Gasteiger partial charge is 0.492 e. The van der Waals surface area contributed by atoms with Crippen LogP contribution in [-0.2, 0) is 6.54 Å². The van der Waals surface area contributed by atoms with Gasteiger partial charge in [0, 0.05) is 30.0 Å². The van der Waals surface area contributed by atoms with E-state index >= 15 is 0 Å². The Hall–Kier alpha value is -1.27. The van der Waals surface area contributed by atoms with Gasteiger partial charge in [0.05, 0.1) is 0 Å². The minimum Gasteiger partial charge on any atom is -0.390 e. The van der Waals surface area contributed by atoms with Crippen molar-refractivity contribution in [1.82, 2.24) is 0 Å². The van der Waals surface area contributed by atoms with Gasteiger partial charge >= 0.3 is 8.80 Å². The highest BCUT2D eigenvalue weighted by atomic mass is 28.4. The predicted molar refractivity (Wildman–Crippen MR) is 66.0 cm³/mol. The molecular formula is C12H16NO3Si+. The third kappa shape index (κ3) is 3.34. The highest BCUT2D eigenvalue weighted by Crippen LogP contribution is 2.09. The molecule has 0 aliphatic rings. The number of hydrogen-bond acceptors (Lipinski definition) is 3. The van der Waals surface area contributed by atoms with Crippen LogP contribution in [0, 0.1) is 0 Å². The second-order valence-corrected chi connectivity index (χ2v) is 6.19. The summed E-state index contributed by atoms with van der Waals surface area (Å²) in [6.07, 6.45) is 2.51. The van der Waals surface area contributed by atoms with Gasteiger partial charge in [0.25, 0.3) is 0 Å². The van der Waals surface area contributed by atoms with E-state index in [-0.39, 0.29) is 6.04 Å². The van der Waals surface area contributed by atoms with Gasteiger partial charge in [0.15, 0.2) is 6.20 Å². The van der Waals surface area contributed by atoms with E-state index in [0.29, 0.717) is 13.0 Å². The maximum absolute atomic E-state index is 8.95. The molecule has 0 fully saturated rings. The van der Waals surface area contributed by atoms with Crippen LogP contribution in [0.5, 0.6) is 0 Å². The first-order chi connectivity index (χ1) is 8.06. The molecule has 2 aromatic rings. The zero-order valence-corrected chi connectivity index (χ0v) is 10.5. The number of benzene rings is 1. The molecule has 0 aliphatic heterocycles. The van der Waals surface area contributed by atoms with Gasteiger partial charge < -0.3 is 14.4 Å². The van der Waals surface area contributed by atoms with Crippen molar-refractivity contribution >= 4 is 19.7 Å². The van der Waals surface area contributed by atoms with Crippen LogP contribution in [0.3, 0.4) is 0 Å². The second-order valence-electron chi connectivity index (χ2n) is 4.14. The van der Waals surface area contributed by atoms with Crippen LogP contribution in [0.2, 0.25) is 6.04 Å². The summed E-state index contributed by atoms with van der Waals surface area (Å²) in [6.45, 7) is 0.664. The van der Waals surface area contributed by atoms with Crippen LogP contribution in [-0.4, -0.2) is 23.2 Å². The molecule has 1 aromatic heterocycles. The Morgan fingerprint density at radius 2 is 1.71 bits per heavy atom. The standard InChI is InChI=1S/C12H16NO3Si/c14-17(15,16)10-4-9-13-8-3-6-11-5-1-2-7-12(11)13/h1-3,5-8,14-16H,4,9-10H2/q+1. The van der Waals surface area contributed by atoms with Crippen molar-refractivity contribution in [2.24, 2.45) is 0 Å². The number of fused-ring (bicyclic) bond motifs is 1. The van der Waals surface area contributed by atoms with E-state index in [1.54, 1.807) is 0 Å². The molecule has 0 saturated heterocycles. The summed E-state index contributed by atoms with van der Waals surface area (Å²) in [4.78, 5) is 26.8. The lowest BCUT2D eigenvalue weighted by atomic mass is 10.2. The van der Waals surface area contributed by atoms with Crippen molar-refractivity contribution in [3.05, 3.63) is 42.6 Å². The number of rotatable bonds is 4. The van der Waals surface area contributed by atoms with Crippen molar-refractivity contribution in [1.29, 1.82) is 0 Å². The molecule has 3 N–H and O–H groups in total. The van der Waals surface area contributed by atoms with Crippen molar-refractivity contribution < 1.29 is 19.0 Å². The van der Waals surface area contributed by atoms with Crippen LogP contribution < -0.4 is 4.57 Å². The van der Waals surface area contributed by atoms with E-state index in [4.69, 9.17) is 14.4 Å². The SMILES string of the molecule is O[Si](O)(O)CCC[n+]1cccc2ccccc21. The molecule has 4 nitrogen and oxygen atoms in total. The molecule has 1 aromatic carbocycles. The van der Waals surface area contributed by atoms with Crippen LogP contribution in [0.15, 0.2) is 42.6 Å².